The van der Waals surface area contributed by atoms with E-state index in [1.165, 1.54) is 6.07 Å². The van der Waals surface area contributed by atoms with E-state index in [4.69, 9.17) is 0 Å². The maximum absolute atomic E-state index is 14.8. The molecule has 1 aliphatic rings. The second kappa shape index (κ2) is 6.13. The highest BCUT2D eigenvalue weighted by atomic mass is 19.1. The summed E-state index contributed by atoms with van der Waals surface area (Å²) in [6, 6.07) is 5.78. The topological polar surface area (TPSA) is 60.0 Å². The van der Waals surface area contributed by atoms with E-state index in [1.807, 2.05) is 43.1 Å². The zero-order valence-electron chi connectivity index (χ0n) is 15.4. The number of aromatic nitrogens is 5. The van der Waals surface area contributed by atoms with Crippen molar-refractivity contribution in [3.05, 3.63) is 47.7 Å². The van der Waals surface area contributed by atoms with E-state index >= 15 is 0 Å². The summed E-state index contributed by atoms with van der Waals surface area (Å²) in [5.41, 5.74) is 4.66. The lowest BCUT2D eigenvalue weighted by atomic mass is 10.1. The third kappa shape index (κ3) is 2.78. The average Bonchev–Trinajstić information content (AvgIpc) is 3.26. The molecule has 0 saturated carbocycles. The van der Waals surface area contributed by atoms with Gasteiger partial charge in [0.05, 0.1) is 23.6 Å². The molecule has 0 atom stereocenters. The molecule has 0 aliphatic carbocycles. The van der Waals surface area contributed by atoms with Gasteiger partial charge in [-0.1, -0.05) is 0 Å². The van der Waals surface area contributed by atoms with Crippen molar-refractivity contribution in [2.45, 2.75) is 32.7 Å². The van der Waals surface area contributed by atoms with Gasteiger partial charge in [0, 0.05) is 17.1 Å². The third-order valence-electron chi connectivity index (χ3n) is 5.29. The Balaban J connectivity index is 1.61. The zero-order valence-corrected chi connectivity index (χ0v) is 15.4. The summed E-state index contributed by atoms with van der Waals surface area (Å²) in [6.45, 7) is 5.88. The Morgan fingerprint density at radius 2 is 1.89 bits per heavy atom. The quantitative estimate of drug-likeness (QED) is 0.592. The molecule has 1 N–H and O–H groups in total. The molecule has 0 spiro atoms. The molecule has 4 heterocycles. The number of hydrogen-bond acceptors (Lipinski definition) is 4. The number of hydrogen-bond donors (Lipinski definition) is 1. The lowest BCUT2D eigenvalue weighted by molar-refractivity contribution is 0.344. The Kier molecular flexibility index (Phi) is 3.72. The van der Waals surface area contributed by atoms with Gasteiger partial charge < -0.3 is 5.32 Å². The van der Waals surface area contributed by atoms with Crippen molar-refractivity contribution in [3.63, 3.8) is 0 Å². The molecule has 3 aromatic heterocycles. The van der Waals surface area contributed by atoms with Crippen molar-refractivity contribution in [1.29, 1.82) is 0 Å². The monoisotopic (exact) mass is 364 g/mol. The van der Waals surface area contributed by atoms with Gasteiger partial charge in [-0.25, -0.2) is 13.9 Å². The van der Waals surface area contributed by atoms with E-state index in [9.17, 15) is 4.39 Å². The first-order valence-electron chi connectivity index (χ1n) is 9.31. The SMILES string of the molecule is Cc1cn2nc(-c3cc(F)c4nn(C5CCNCC5)cc4c3)cc(C)c2n1. The fraction of sp³-hybridized carbons (Fsp3) is 0.350. The van der Waals surface area contributed by atoms with Crippen LogP contribution in [-0.4, -0.2) is 37.5 Å². The first-order chi connectivity index (χ1) is 13.1. The van der Waals surface area contributed by atoms with Crippen LogP contribution >= 0.6 is 0 Å². The summed E-state index contributed by atoms with van der Waals surface area (Å²) in [7, 11) is 0. The lowest BCUT2D eigenvalue weighted by Crippen LogP contribution is -2.29. The summed E-state index contributed by atoms with van der Waals surface area (Å²) in [5, 5.41) is 13.3. The van der Waals surface area contributed by atoms with Crippen molar-refractivity contribution < 1.29 is 4.39 Å². The van der Waals surface area contributed by atoms with Gasteiger partial charge in [-0.2, -0.15) is 10.2 Å². The Morgan fingerprint density at radius 3 is 2.70 bits per heavy atom. The Hall–Kier alpha value is -2.80. The van der Waals surface area contributed by atoms with E-state index in [1.54, 1.807) is 4.52 Å². The molecule has 6 nitrogen and oxygen atoms in total. The molecule has 1 aromatic carbocycles. The first-order valence-corrected chi connectivity index (χ1v) is 9.31. The van der Waals surface area contributed by atoms with Crippen LogP contribution in [0, 0.1) is 19.7 Å². The number of nitrogens with one attached hydrogen (secondary N) is 1. The number of imidazole rings is 1. The van der Waals surface area contributed by atoms with Crippen molar-refractivity contribution in [2.24, 2.45) is 0 Å². The predicted molar refractivity (Wildman–Crippen MR) is 102 cm³/mol. The molecule has 0 amide bonds. The van der Waals surface area contributed by atoms with E-state index in [0.717, 1.165) is 59.5 Å². The average molecular weight is 364 g/mol. The minimum atomic E-state index is -0.309. The summed E-state index contributed by atoms with van der Waals surface area (Å²) < 4.78 is 18.5. The number of nitrogens with zero attached hydrogens (tertiary/aromatic N) is 5. The van der Waals surface area contributed by atoms with E-state index < -0.39 is 0 Å². The van der Waals surface area contributed by atoms with Gasteiger partial charge in [-0.15, -0.1) is 0 Å². The fourth-order valence-electron chi connectivity index (χ4n) is 3.90. The second-order valence-corrected chi connectivity index (χ2v) is 7.35. The molecule has 0 radical (unpaired) electrons. The molecular formula is C20H21FN6. The highest BCUT2D eigenvalue weighted by molar-refractivity contribution is 5.84. The van der Waals surface area contributed by atoms with Crippen molar-refractivity contribution in [1.82, 2.24) is 29.7 Å². The summed E-state index contributed by atoms with van der Waals surface area (Å²) in [6.07, 6.45) is 5.88. The molecule has 5 rings (SSSR count). The molecule has 138 valence electrons. The summed E-state index contributed by atoms with van der Waals surface area (Å²) >= 11 is 0. The smallest absolute Gasteiger partial charge is 0.156 e. The van der Waals surface area contributed by atoms with Gasteiger partial charge in [0.25, 0.3) is 0 Å². The maximum Gasteiger partial charge on any atom is 0.156 e. The van der Waals surface area contributed by atoms with E-state index in [-0.39, 0.29) is 5.82 Å². The van der Waals surface area contributed by atoms with Gasteiger partial charge in [0.1, 0.15) is 5.52 Å². The number of rotatable bonds is 2. The lowest BCUT2D eigenvalue weighted by Gasteiger charge is -2.22. The molecule has 1 fully saturated rings. The number of fused-ring (bicyclic) bond motifs is 2. The third-order valence-corrected chi connectivity index (χ3v) is 5.29. The first kappa shape index (κ1) is 16.4. The van der Waals surface area contributed by atoms with Gasteiger partial charge in [-0.3, -0.25) is 4.68 Å². The summed E-state index contributed by atoms with van der Waals surface area (Å²) in [5.74, 6) is -0.309. The van der Waals surface area contributed by atoms with Gasteiger partial charge in [0.2, 0.25) is 0 Å². The van der Waals surface area contributed by atoms with Crippen LogP contribution in [0.15, 0.2) is 30.6 Å². The van der Waals surface area contributed by atoms with Crippen LogP contribution < -0.4 is 5.32 Å². The highest BCUT2D eigenvalue weighted by Crippen LogP contribution is 2.28. The van der Waals surface area contributed by atoms with Crippen LogP contribution in [0.3, 0.4) is 0 Å². The largest absolute Gasteiger partial charge is 0.317 e. The van der Waals surface area contributed by atoms with Gasteiger partial charge >= 0.3 is 0 Å². The predicted octanol–water partition coefficient (Wildman–Crippen LogP) is 3.43. The molecule has 27 heavy (non-hydrogen) atoms. The van der Waals surface area contributed by atoms with Crippen LogP contribution in [0.4, 0.5) is 4.39 Å². The van der Waals surface area contributed by atoms with Crippen LogP contribution in [0.5, 0.6) is 0 Å². The van der Waals surface area contributed by atoms with Crippen LogP contribution in [0.1, 0.15) is 30.1 Å². The normalized spacial score (nSPS) is 15.8. The summed E-state index contributed by atoms with van der Waals surface area (Å²) in [4.78, 5) is 4.48. The second-order valence-electron chi connectivity index (χ2n) is 7.35. The Labute approximate surface area is 156 Å². The number of halogens is 1. The zero-order chi connectivity index (χ0) is 18.5. The minimum absolute atomic E-state index is 0.309. The van der Waals surface area contributed by atoms with E-state index in [2.05, 4.69) is 20.5 Å². The molecular weight excluding hydrogens is 343 g/mol. The Bertz CT molecular complexity index is 1150. The van der Waals surface area contributed by atoms with Crippen LogP contribution in [0.2, 0.25) is 0 Å². The Morgan fingerprint density at radius 1 is 1.07 bits per heavy atom. The fourth-order valence-corrected chi connectivity index (χ4v) is 3.90. The van der Waals surface area contributed by atoms with Crippen LogP contribution in [0.25, 0.3) is 27.8 Å². The number of benzene rings is 1. The maximum atomic E-state index is 14.8. The van der Waals surface area contributed by atoms with Gasteiger partial charge in [0.15, 0.2) is 11.5 Å². The van der Waals surface area contributed by atoms with Gasteiger partial charge in [-0.05, 0) is 63.5 Å². The molecule has 1 aliphatic heterocycles. The van der Waals surface area contributed by atoms with E-state index in [0.29, 0.717) is 11.6 Å². The number of piperidine rings is 1. The molecule has 7 heteroatoms. The standard InChI is InChI=1S/C20H21FN6/c1-12-7-18(24-27-10-13(2)23-20(12)27)14-8-15-11-26(16-3-5-22-6-4-16)25-19(15)17(21)9-14/h7-11,16,22H,3-6H2,1-2H3. The molecule has 0 unspecified atom stereocenters. The molecule has 1 saturated heterocycles. The minimum Gasteiger partial charge on any atom is -0.317 e. The molecule has 4 aromatic rings. The van der Waals surface area contributed by atoms with Crippen LogP contribution in [-0.2, 0) is 0 Å². The van der Waals surface area contributed by atoms with Crippen molar-refractivity contribution >= 4 is 16.6 Å². The number of aryl methyl sites for hydroxylation is 2. The highest BCUT2D eigenvalue weighted by Gasteiger charge is 2.18. The van der Waals surface area contributed by atoms with Crippen molar-refractivity contribution in [3.8, 4) is 11.3 Å². The molecule has 0 bridgehead atoms. The van der Waals surface area contributed by atoms with Crippen molar-refractivity contribution in [2.75, 3.05) is 13.1 Å².